The fourth-order valence-electron chi connectivity index (χ4n) is 1.94. The molecule has 1 aromatic carbocycles. The molecule has 0 saturated carbocycles. The molecule has 1 aliphatic heterocycles. The van der Waals surface area contributed by atoms with Gasteiger partial charge in [-0.2, -0.15) is 0 Å². The third-order valence-electron chi connectivity index (χ3n) is 3.07. The van der Waals surface area contributed by atoms with Crippen LogP contribution in [0.3, 0.4) is 0 Å². The lowest BCUT2D eigenvalue weighted by atomic mass is 10.1. The van der Waals surface area contributed by atoms with Gasteiger partial charge in [0.25, 0.3) is 0 Å². The zero-order valence-electron chi connectivity index (χ0n) is 10.5. The molecule has 1 N–H and O–H groups in total. The summed E-state index contributed by atoms with van der Waals surface area (Å²) in [6, 6.07) is 8.24. The Hall–Kier alpha value is -1.40. The van der Waals surface area contributed by atoms with E-state index in [-0.39, 0.29) is 29.0 Å². The van der Waals surface area contributed by atoms with Gasteiger partial charge in [-0.15, -0.1) is 0 Å². The Labute approximate surface area is 112 Å². The Kier molecular flexibility index (Phi) is 4.55. The summed E-state index contributed by atoms with van der Waals surface area (Å²) in [6.07, 6.45) is 0.706. The Morgan fingerprint density at radius 1 is 1.32 bits per heavy atom. The molecule has 0 aliphatic carbocycles. The zero-order chi connectivity index (χ0) is 13.7. The summed E-state index contributed by atoms with van der Waals surface area (Å²) in [7, 11) is -3.33. The number of hydrogen-bond acceptors (Lipinski definition) is 4. The molecule has 5 nitrogen and oxygen atoms in total. The smallest absolute Gasteiger partial charge is 0.225 e. The molecule has 1 amide bonds. The van der Waals surface area contributed by atoms with Gasteiger partial charge in [0.05, 0.1) is 23.2 Å². The highest BCUT2D eigenvalue weighted by Crippen LogP contribution is 2.12. The number of hydrogen-bond donors (Lipinski definition) is 1. The van der Waals surface area contributed by atoms with Gasteiger partial charge in [0.15, 0.2) is 9.84 Å². The first-order valence-electron chi connectivity index (χ1n) is 6.23. The standard InChI is InChI=1S/C13H17NO4S/c15-13(11-6-8-18-10-11)14-7-9-19(16,17)12-4-2-1-3-5-12/h1-5,11H,6-10H2,(H,14,15). The van der Waals surface area contributed by atoms with E-state index >= 15 is 0 Å². The lowest BCUT2D eigenvalue weighted by Crippen LogP contribution is -2.34. The highest BCUT2D eigenvalue weighted by atomic mass is 32.2. The van der Waals surface area contributed by atoms with Crippen LogP contribution in [-0.2, 0) is 19.4 Å². The van der Waals surface area contributed by atoms with Crippen LogP contribution < -0.4 is 5.32 Å². The van der Waals surface area contributed by atoms with Crippen molar-refractivity contribution in [3.05, 3.63) is 30.3 Å². The number of carbonyl (C=O) groups excluding carboxylic acids is 1. The van der Waals surface area contributed by atoms with Crippen LogP contribution in [0, 0.1) is 5.92 Å². The lowest BCUT2D eigenvalue weighted by molar-refractivity contribution is -0.124. The maximum Gasteiger partial charge on any atom is 0.225 e. The molecule has 2 rings (SSSR count). The molecule has 0 aromatic heterocycles. The summed E-state index contributed by atoms with van der Waals surface area (Å²) in [5.41, 5.74) is 0. The van der Waals surface area contributed by atoms with Gasteiger partial charge in [-0.05, 0) is 18.6 Å². The Bertz CT molecular complexity index is 521. The number of rotatable bonds is 5. The summed E-state index contributed by atoms with van der Waals surface area (Å²) in [6.45, 7) is 1.16. The molecule has 1 aliphatic rings. The van der Waals surface area contributed by atoms with Crippen LogP contribution in [-0.4, -0.2) is 39.8 Å². The Balaban J connectivity index is 1.83. The maximum atomic E-state index is 12.0. The topological polar surface area (TPSA) is 72.5 Å². The van der Waals surface area contributed by atoms with Gasteiger partial charge in [-0.3, -0.25) is 4.79 Å². The second-order valence-corrected chi connectivity index (χ2v) is 6.59. The van der Waals surface area contributed by atoms with Crippen LogP contribution in [0.15, 0.2) is 35.2 Å². The molecule has 0 spiro atoms. The van der Waals surface area contributed by atoms with E-state index < -0.39 is 9.84 Å². The fraction of sp³-hybridized carbons (Fsp3) is 0.462. The summed E-state index contributed by atoms with van der Waals surface area (Å²) in [5, 5.41) is 2.65. The molecule has 1 atom stereocenters. The summed E-state index contributed by atoms with van der Waals surface area (Å²) >= 11 is 0. The first-order chi connectivity index (χ1) is 9.09. The molecule has 1 fully saturated rings. The minimum absolute atomic E-state index is 0.0870. The van der Waals surface area contributed by atoms with Crippen LogP contribution >= 0.6 is 0 Å². The van der Waals surface area contributed by atoms with Crippen molar-refractivity contribution in [3.63, 3.8) is 0 Å². The van der Waals surface area contributed by atoms with E-state index in [4.69, 9.17) is 4.74 Å². The van der Waals surface area contributed by atoms with Crippen molar-refractivity contribution in [2.24, 2.45) is 5.92 Å². The van der Waals surface area contributed by atoms with Crippen molar-refractivity contribution in [1.82, 2.24) is 5.32 Å². The number of sulfone groups is 1. The van der Waals surface area contributed by atoms with E-state index in [0.29, 0.717) is 19.6 Å². The highest BCUT2D eigenvalue weighted by Gasteiger charge is 2.23. The number of amides is 1. The Morgan fingerprint density at radius 3 is 2.68 bits per heavy atom. The predicted molar refractivity (Wildman–Crippen MR) is 70.4 cm³/mol. The van der Waals surface area contributed by atoms with Gasteiger partial charge >= 0.3 is 0 Å². The van der Waals surface area contributed by atoms with Gasteiger partial charge in [0.1, 0.15) is 0 Å². The zero-order valence-corrected chi connectivity index (χ0v) is 11.4. The second-order valence-electron chi connectivity index (χ2n) is 4.48. The maximum absolute atomic E-state index is 12.0. The summed E-state index contributed by atoms with van der Waals surface area (Å²) < 4.78 is 29.0. The van der Waals surface area contributed by atoms with E-state index in [2.05, 4.69) is 5.32 Å². The monoisotopic (exact) mass is 283 g/mol. The molecule has 19 heavy (non-hydrogen) atoms. The van der Waals surface area contributed by atoms with Crippen LogP contribution in [0.1, 0.15) is 6.42 Å². The fourth-order valence-corrected chi connectivity index (χ4v) is 3.12. The molecular formula is C13H17NO4S. The molecule has 1 aromatic rings. The molecule has 6 heteroatoms. The third-order valence-corrected chi connectivity index (χ3v) is 4.80. The largest absolute Gasteiger partial charge is 0.381 e. The average Bonchev–Trinajstić information content (AvgIpc) is 2.93. The van der Waals surface area contributed by atoms with Gasteiger partial charge < -0.3 is 10.1 Å². The lowest BCUT2D eigenvalue weighted by Gasteiger charge is -2.09. The number of nitrogens with one attached hydrogen (secondary N) is 1. The molecule has 0 radical (unpaired) electrons. The first-order valence-corrected chi connectivity index (χ1v) is 7.88. The van der Waals surface area contributed by atoms with Crippen LogP contribution in [0.2, 0.25) is 0 Å². The first kappa shape index (κ1) is 14.0. The van der Waals surface area contributed by atoms with Crippen molar-refractivity contribution in [3.8, 4) is 0 Å². The van der Waals surface area contributed by atoms with Crippen LogP contribution in [0.25, 0.3) is 0 Å². The van der Waals surface area contributed by atoms with Crippen molar-refractivity contribution in [2.75, 3.05) is 25.5 Å². The molecule has 1 unspecified atom stereocenters. The number of ether oxygens (including phenoxy) is 1. The molecule has 104 valence electrons. The SMILES string of the molecule is O=C(NCCS(=O)(=O)c1ccccc1)C1CCOC1. The molecule has 1 heterocycles. The van der Waals surface area contributed by atoms with E-state index in [1.54, 1.807) is 30.3 Å². The minimum atomic E-state index is -3.33. The van der Waals surface area contributed by atoms with Gasteiger partial charge in [0.2, 0.25) is 5.91 Å². The van der Waals surface area contributed by atoms with Crippen molar-refractivity contribution < 1.29 is 17.9 Å². The number of benzene rings is 1. The van der Waals surface area contributed by atoms with Crippen molar-refractivity contribution in [2.45, 2.75) is 11.3 Å². The molecular weight excluding hydrogens is 266 g/mol. The van der Waals surface area contributed by atoms with E-state index in [1.165, 1.54) is 0 Å². The van der Waals surface area contributed by atoms with Crippen molar-refractivity contribution in [1.29, 1.82) is 0 Å². The quantitative estimate of drug-likeness (QED) is 0.859. The highest BCUT2D eigenvalue weighted by molar-refractivity contribution is 7.91. The van der Waals surface area contributed by atoms with E-state index in [1.807, 2.05) is 0 Å². The normalized spacial score (nSPS) is 19.3. The summed E-state index contributed by atoms with van der Waals surface area (Å²) in [4.78, 5) is 12.0. The van der Waals surface area contributed by atoms with Gasteiger partial charge in [0, 0.05) is 13.2 Å². The average molecular weight is 283 g/mol. The molecule has 0 bridgehead atoms. The van der Waals surface area contributed by atoms with Crippen LogP contribution in [0.5, 0.6) is 0 Å². The van der Waals surface area contributed by atoms with E-state index in [9.17, 15) is 13.2 Å². The van der Waals surface area contributed by atoms with Gasteiger partial charge in [-0.1, -0.05) is 18.2 Å². The summed E-state index contributed by atoms with van der Waals surface area (Å²) in [5.74, 6) is -0.351. The predicted octanol–water partition coefficient (Wildman–Crippen LogP) is 0.613. The van der Waals surface area contributed by atoms with Crippen molar-refractivity contribution >= 4 is 15.7 Å². The van der Waals surface area contributed by atoms with E-state index in [0.717, 1.165) is 0 Å². The number of carbonyl (C=O) groups is 1. The van der Waals surface area contributed by atoms with Crippen LogP contribution in [0.4, 0.5) is 0 Å². The second kappa shape index (κ2) is 6.16. The third kappa shape index (κ3) is 3.78. The van der Waals surface area contributed by atoms with Gasteiger partial charge in [-0.25, -0.2) is 8.42 Å². The minimum Gasteiger partial charge on any atom is -0.381 e. The molecule has 1 saturated heterocycles. The Morgan fingerprint density at radius 2 is 2.05 bits per heavy atom.